The van der Waals surface area contributed by atoms with Gasteiger partial charge in [0.1, 0.15) is 17.1 Å². The van der Waals surface area contributed by atoms with Crippen LogP contribution in [0.15, 0.2) is 30.3 Å². The number of thiophene rings is 1. The highest BCUT2D eigenvalue weighted by Crippen LogP contribution is 2.30. The molecule has 1 aliphatic rings. The number of primary amides is 1. The second-order valence-corrected chi connectivity index (χ2v) is 10.6. The Labute approximate surface area is 211 Å². The van der Waals surface area contributed by atoms with E-state index < -0.39 is 11.9 Å². The zero-order valence-corrected chi connectivity index (χ0v) is 21.5. The van der Waals surface area contributed by atoms with Gasteiger partial charge in [0.2, 0.25) is 0 Å². The second kappa shape index (κ2) is 12.7. The summed E-state index contributed by atoms with van der Waals surface area (Å²) < 4.78 is 5.74. The third-order valence-electron chi connectivity index (χ3n) is 6.03. The van der Waals surface area contributed by atoms with Gasteiger partial charge in [-0.3, -0.25) is 14.9 Å². The number of urea groups is 1. The zero-order chi connectivity index (χ0) is 25.4. The zero-order valence-electron chi connectivity index (χ0n) is 20.7. The van der Waals surface area contributed by atoms with Gasteiger partial charge in [-0.1, -0.05) is 38.1 Å². The van der Waals surface area contributed by atoms with Gasteiger partial charge in [0.25, 0.3) is 5.91 Å². The van der Waals surface area contributed by atoms with Gasteiger partial charge in [-0.2, -0.15) is 0 Å². The summed E-state index contributed by atoms with van der Waals surface area (Å²) in [6.45, 7) is 4.79. The normalized spacial score (nSPS) is 14.6. The van der Waals surface area contributed by atoms with Crippen molar-refractivity contribution < 1.29 is 19.1 Å². The van der Waals surface area contributed by atoms with E-state index in [0.717, 1.165) is 48.1 Å². The molecule has 1 aromatic heterocycles. The molecule has 1 atom stereocenters. The molecule has 0 saturated heterocycles. The molecule has 1 unspecified atom stereocenters. The average Bonchev–Trinajstić information content (AvgIpc) is 3.47. The summed E-state index contributed by atoms with van der Waals surface area (Å²) in [5.74, 6) is -0.348. The minimum Gasteiger partial charge on any atom is -0.461 e. The molecule has 0 aliphatic heterocycles. The molecule has 1 saturated carbocycles. The highest BCUT2D eigenvalue weighted by Gasteiger charge is 2.26. The van der Waals surface area contributed by atoms with E-state index in [4.69, 9.17) is 10.5 Å². The van der Waals surface area contributed by atoms with Gasteiger partial charge >= 0.3 is 12.0 Å². The number of benzene rings is 1. The second-order valence-electron chi connectivity index (χ2n) is 9.42. The molecule has 35 heavy (non-hydrogen) atoms. The standard InChI is InChI=1S/C26H36N4O4S/c1-16(2)12-22(25(32)34-19-6-4-5-7-19)29-15-18-10-8-17(9-11-18)13-20-14-21(23(27)31)24(35-20)30-26(33)28-3/h8-11,14,16,19,22,29H,4-7,12-13,15H2,1-3H3,(H2,27,31)(H2,28,30,33). The fourth-order valence-corrected chi connectivity index (χ4v) is 5.27. The molecule has 8 nitrogen and oxygen atoms in total. The summed E-state index contributed by atoms with van der Waals surface area (Å²) in [4.78, 5) is 37.1. The highest BCUT2D eigenvalue weighted by molar-refractivity contribution is 7.16. The van der Waals surface area contributed by atoms with E-state index in [1.54, 1.807) is 6.07 Å². The van der Waals surface area contributed by atoms with Gasteiger partial charge < -0.3 is 21.1 Å². The van der Waals surface area contributed by atoms with Crippen LogP contribution in [0.4, 0.5) is 9.80 Å². The van der Waals surface area contributed by atoms with Crippen molar-refractivity contribution in [2.24, 2.45) is 11.7 Å². The summed E-state index contributed by atoms with van der Waals surface area (Å²) in [6, 6.07) is 9.12. The molecule has 9 heteroatoms. The first kappa shape index (κ1) is 26.7. The number of ether oxygens (including phenoxy) is 1. The van der Waals surface area contributed by atoms with Crippen molar-refractivity contribution in [3.05, 3.63) is 51.9 Å². The van der Waals surface area contributed by atoms with Crippen molar-refractivity contribution in [3.8, 4) is 0 Å². The predicted molar refractivity (Wildman–Crippen MR) is 139 cm³/mol. The molecule has 0 radical (unpaired) electrons. The van der Waals surface area contributed by atoms with Crippen LogP contribution < -0.4 is 21.7 Å². The van der Waals surface area contributed by atoms with Gasteiger partial charge in [0.05, 0.1) is 5.56 Å². The van der Waals surface area contributed by atoms with Crippen molar-refractivity contribution in [2.45, 2.75) is 71.1 Å². The lowest BCUT2D eigenvalue weighted by Gasteiger charge is -2.22. The third-order valence-corrected chi connectivity index (χ3v) is 7.08. The van der Waals surface area contributed by atoms with Gasteiger partial charge in [-0.05, 0) is 55.2 Å². The molecule has 3 rings (SSSR count). The van der Waals surface area contributed by atoms with Crippen LogP contribution in [-0.4, -0.2) is 37.1 Å². The van der Waals surface area contributed by atoms with E-state index in [2.05, 4.69) is 29.8 Å². The van der Waals surface area contributed by atoms with Gasteiger partial charge in [-0.25, -0.2) is 4.79 Å². The molecule has 190 valence electrons. The first-order chi connectivity index (χ1) is 16.7. The summed E-state index contributed by atoms with van der Waals surface area (Å²) in [5.41, 5.74) is 7.91. The lowest BCUT2D eigenvalue weighted by atomic mass is 10.0. The topological polar surface area (TPSA) is 123 Å². The SMILES string of the molecule is CNC(=O)Nc1sc(Cc2ccc(CNC(CC(C)C)C(=O)OC3CCCC3)cc2)cc1C(N)=O. The van der Waals surface area contributed by atoms with E-state index in [9.17, 15) is 14.4 Å². The van der Waals surface area contributed by atoms with Gasteiger partial charge in [0.15, 0.2) is 0 Å². The lowest BCUT2D eigenvalue weighted by Crippen LogP contribution is -2.40. The minimum absolute atomic E-state index is 0.0673. The number of rotatable bonds is 11. The van der Waals surface area contributed by atoms with E-state index in [1.165, 1.54) is 18.4 Å². The Hall–Kier alpha value is -2.91. The molecule has 1 aliphatic carbocycles. The molecule has 5 N–H and O–H groups in total. The molecule has 1 heterocycles. The number of amides is 3. The maximum Gasteiger partial charge on any atom is 0.323 e. The van der Waals surface area contributed by atoms with E-state index >= 15 is 0 Å². The molecular formula is C26H36N4O4S. The van der Waals surface area contributed by atoms with Gasteiger partial charge in [-0.15, -0.1) is 11.3 Å². The van der Waals surface area contributed by atoms with Gasteiger partial charge in [0, 0.05) is 24.9 Å². The number of nitrogens with two attached hydrogens (primary N) is 1. The first-order valence-electron chi connectivity index (χ1n) is 12.2. The molecule has 1 fully saturated rings. The molecule has 3 amide bonds. The summed E-state index contributed by atoms with van der Waals surface area (Å²) in [5, 5.41) is 8.95. The first-order valence-corrected chi connectivity index (χ1v) is 13.0. The van der Waals surface area contributed by atoms with Crippen molar-refractivity contribution in [1.29, 1.82) is 0 Å². The lowest BCUT2D eigenvalue weighted by molar-refractivity contribution is -0.151. The van der Waals surface area contributed by atoms with Crippen LogP contribution in [0, 0.1) is 5.92 Å². The number of carbonyl (C=O) groups excluding carboxylic acids is 3. The van der Waals surface area contributed by atoms with Crippen molar-refractivity contribution in [3.63, 3.8) is 0 Å². The number of esters is 1. The number of nitrogens with one attached hydrogen (secondary N) is 3. The van der Waals surface area contributed by atoms with E-state index in [0.29, 0.717) is 29.4 Å². The largest absolute Gasteiger partial charge is 0.461 e. The number of carbonyl (C=O) groups is 3. The highest BCUT2D eigenvalue weighted by atomic mass is 32.1. The third kappa shape index (κ3) is 8.07. The fraction of sp³-hybridized carbons (Fsp3) is 0.500. The van der Waals surface area contributed by atoms with Crippen LogP contribution >= 0.6 is 11.3 Å². The maximum absolute atomic E-state index is 12.7. The summed E-state index contributed by atoms with van der Waals surface area (Å²) in [7, 11) is 1.51. The van der Waals surface area contributed by atoms with E-state index in [1.807, 2.05) is 24.3 Å². The number of hydrogen-bond acceptors (Lipinski definition) is 6. The van der Waals surface area contributed by atoms with Crippen LogP contribution in [-0.2, 0) is 22.5 Å². The average molecular weight is 501 g/mol. The Morgan fingerprint density at radius 3 is 2.37 bits per heavy atom. The Morgan fingerprint density at radius 1 is 1.11 bits per heavy atom. The molecule has 0 bridgehead atoms. The van der Waals surface area contributed by atoms with Crippen LogP contribution in [0.5, 0.6) is 0 Å². The Bertz CT molecular complexity index is 1010. The predicted octanol–water partition coefficient (Wildman–Crippen LogP) is 4.18. The molecule has 2 aromatic rings. The van der Waals surface area contributed by atoms with Crippen molar-refractivity contribution in [1.82, 2.24) is 10.6 Å². The fourth-order valence-electron chi connectivity index (χ4n) is 4.17. The summed E-state index contributed by atoms with van der Waals surface area (Å²) >= 11 is 1.33. The van der Waals surface area contributed by atoms with Crippen LogP contribution in [0.2, 0.25) is 0 Å². The monoisotopic (exact) mass is 500 g/mol. The smallest absolute Gasteiger partial charge is 0.323 e. The van der Waals surface area contributed by atoms with Crippen LogP contribution in [0.1, 0.15) is 72.3 Å². The maximum atomic E-state index is 12.7. The molecule has 0 spiro atoms. The molecule has 1 aromatic carbocycles. The Morgan fingerprint density at radius 2 is 1.77 bits per heavy atom. The molecular weight excluding hydrogens is 464 g/mol. The van der Waals surface area contributed by atoms with Crippen molar-refractivity contribution >= 4 is 34.2 Å². The van der Waals surface area contributed by atoms with Crippen molar-refractivity contribution in [2.75, 3.05) is 12.4 Å². The Balaban J connectivity index is 1.59. The number of anilines is 1. The Kier molecular flexibility index (Phi) is 9.68. The minimum atomic E-state index is -0.581. The van der Waals surface area contributed by atoms with E-state index in [-0.39, 0.29) is 18.1 Å². The van der Waals surface area contributed by atoms with Crippen LogP contribution in [0.25, 0.3) is 0 Å². The number of hydrogen-bond donors (Lipinski definition) is 4. The van der Waals surface area contributed by atoms with Crippen LogP contribution in [0.3, 0.4) is 0 Å². The summed E-state index contributed by atoms with van der Waals surface area (Å²) in [6.07, 6.45) is 5.61. The quantitative estimate of drug-likeness (QED) is 0.345.